The minimum absolute atomic E-state index is 0.00592. The van der Waals surface area contributed by atoms with Gasteiger partial charge < -0.3 is 74.8 Å². The van der Waals surface area contributed by atoms with Gasteiger partial charge in [-0.1, -0.05) is 0 Å². The number of phosphoric acid groups is 4. The third kappa shape index (κ3) is 13.0. The Bertz CT molecular complexity index is 3320. The fourth-order valence-corrected chi connectivity index (χ4v) is 12.9. The van der Waals surface area contributed by atoms with E-state index in [1.165, 1.54) is 34.2 Å². The average Bonchev–Trinajstić information content (AvgIpc) is 4.19. The summed E-state index contributed by atoms with van der Waals surface area (Å²) in [6.07, 6.45) is -13.5. The summed E-state index contributed by atoms with van der Waals surface area (Å²) in [6, 6.07) is 0.925. The highest BCUT2D eigenvalue weighted by Gasteiger charge is 2.54. The number of hydrogen-bond donors (Lipinski definition) is 11. The maximum absolute atomic E-state index is 13.6. The van der Waals surface area contributed by atoms with Gasteiger partial charge in [0.2, 0.25) is 18.5 Å². The minimum atomic E-state index is -6.20. The lowest BCUT2D eigenvalue weighted by Gasteiger charge is -2.26. The summed E-state index contributed by atoms with van der Waals surface area (Å²) in [5, 5.41) is 32.7. The number of nitrogens with two attached hydrogens (primary N) is 2. The van der Waals surface area contributed by atoms with Crippen molar-refractivity contribution in [3.63, 3.8) is 0 Å². The molecule has 0 radical (unpaired) electrons. The van der Waals surface area contributed by atoms with E-state index < -0.39 is 141 Å². The Balaban J connectivity index is 0.943. The van der Waals surface area contributed by atoms with Crippen LogP contribution in [0, 0.1) is 5.92 Å². The molecular formula is C35H51N12O26P4+. The third-order valence-electron chi connectivity index (χ3n) is 11.9. The van der Waals surface area contributed by atoms with Crippen molar-refractivity contribution in [1.29, 1.82) is 0 Å². The lowest BCUT2D eigenvalue weighted by molar-refractivity contribution is -0.646. The zero-order valence-electron chi connectivity index (χ0n) is 40.0. The van der Waals surface area contributed by atoms with E-state index in [1.54, 1.807) is 0 Å². The summed E-state index contributed by atoms with van der Waals surface area (Å²) < 4.78 is 120. The quantitative estimate of drug-likeness (QED) is 0.0160. The summed E-state index contributed by atoms with van der Waals surface area (Å²) in [5.41, 5.74) is 9.29. The molecule has 3 aliphatic rings. The average molecular weight is 1180 g/mol. The number of aromatic amines is 2. The van der Waals surface area contributed by atoms with E-state index >= 15 is 0 Å². The Morgan fingerprint density at radius 1 is 0.714 bits per heavy atom. The molecule has 0 spiro atoms. The smallest absolute Gasteiger partial charge is 0.387 e. The van der Waals surface area contributed by atoms with Gasteiger partial charge in [-0.05, 0) is 0 Å². The Kier molecular flexibility index (Phi) is 17.6. The molecule has 5 aromatic heterocycles. The predicted molar refractivity (Wildman–Crippen MR) is 248 cm³/mol. The topological polar surface area (TPSA) is 526 Å². The van der Waals surface area contributed by atoms with Gasteiger partial charge in [0.25, 0.3) is 16.7 Å². The van der Waals surface area contributed by atoms with Crippen molar-refractivity contribution in [3.8, 4) is 0 Å². The highest BCUT2D eigenvalue weighted by molar-refractivity contribution is 7.66. The number of rotatable bonds is 24. The second-order valence-electron chi connectivity index (χ2n) is 17.0. The summed E-state index contributed by atoms with van der Waals surface area (Å²) in [5.74, 6) is -1.45. The first-order chi connectivity index (χ1) is 36.2. The summed E-state index contributed by atoms with van der Waals surface area (Å²) >= 11 is 0. The van der Waals surface area contributed by atoms with E-state index in [9.17, 15) is 67.5 Å². The van der Waals surface area contributed by atoms with Crippen LogP contribution in [-0.2, 0) is 80.4 Å². The molecule has 77 heavy (non-hydrogen) atoms. The van der Waals surface area contributed by atoms with Crippen LogP contribution in [-0.4, -0.2) is 181 Å². The molecule has 426 valence electrons. The number of aromatic nitrogens is 10. The SMILES string of the molecule is COCCOC[C@H]1[C@@H](O)[C@H](n2c[n+](C)c3c(=O)[nH]c(N)nc32)O[C@@H]1COP(=O)(O)OP(=O)(O)OP(=O)(O)OCC1O[C@@H](n2cnc3c(N)ncnc32)[C@H](OC)[C@@H]1OP(=O)(O)OC[C@H]1O[C@@H](n2ccc(=O)[nH]c2=O)[C@H](O)[C@@H]1O. The van der Waals surface area contributed by atoms with Crippen LogP contribution >= 0.6 is 31.3 Å². The van der Waals surface area contributed by atoms with Gasteiger partial charge >= 0.3 is 42.5 Å². The Morgan fingerprint density at radius 3 is 2.03 bits per heavy atom. The van der Waals surface area contributed by atoms with Crippen LogP contribution in [0.1, 0.15) is 18.7 Å². The van der Waals surface area contributed by atoms with E-state index in [4.69, 9.17) is 58.0 Å². The number of aryl methyl sites for hydroxylation is 1. The molecular weight excluding hydrogens is 1130 g/mol. The van der Waals surface area contributed by atoms with Crippen LogP contribution in [0.15, 0.2) is 45.6 Å². The zero-order chi connectivity index (χ0) is 55.9. The zero-order valence-corrected chi connectivity index (χ0v) is 43.5. The molecule has 8 rings (SSSR count). The van der Waals surface area contributed by atoms with Crippen LogP contribution in [0.5, 0.6) is 0 Å². The molecule has 0 bridgehead atoms. The molecule has 0 amide bonds. The maximum atomic E-state index is 13.6. The molecule has 42 heteroatoms. The summed E-state index contributed by atoms with van der Waals surface area (Å²) in [6.45, 7) is -3.41. The highest BCUT2D eigenvalue weighted by Crippen LogP contribution is 2.68. The molecule has 16 atom stereocenters. The first-order valence-electron chi connectivity index (χ1n) is 22.2. The van der Waals surface area contributed by atoms with E-state index in [0.29, 0.717) is 0 Å². The number of phosphoric ester groups is 3. The van der Waals surface area contributed by atoms with Crippen molar-refractivity contribution in [2.24, 2.45) is 13.0 Å². The number of imidazole rings is 2. The van der Waals surface area contributed by atoms with Gasteiger partial charge in [-0.3, -0.25) is 46.8 Å². The van der Waals surface area contributed by atoms with Crippen LogP contribution in [0.2, 0.25) is 0 Å². The van der Waals surface area contributed by atoms with Gasteiger partial charge in [-0.25, -0.2) is 42.6 Å². The van der Waals surface area contributed by atoms with Crippen LogP contribution < -0.4 is 32.8 Å². The fourth-order valence-electron chi connectivity index (χ4n) is 8.44. The van der Waals surface area contributed by atoms with E-state index in [0.717, 1.165) is 36.6 Å². The molecule has 3 aliphatic heterocycles. The van der Waals surface area contributed by atoms with Gasteiger partial charge in [0, 0.05) is 32.4 Å². The monoisotopic (exact) mass is 1180 g/mol. The molecule has 5 unspecified atom stereocenters. The molecule has 0 aromatic carbocycles. The van der Waals surface area contributed by atoms with Crippen molar-refractivity contribution in [1.82, 2.24) is 43.6 Å². The minimum Gasteiger partial charge on any atom is -0.387 e. The number of nitrogens with zero attached hydrogens (tertiary/aromatic N) is 8. The number of H-pyrrole nitrogens is 2. The lowest BCUT2D eigenvalue weighted by Crippen LogP contribution is -2.38. The lowest BCUT2D eigenvalue weighted by atomic mass is 9.99. The van der Waals surface area contributed by atoms with Gasteiger partial charge in [-0.15, -0.1) is 0 Å². The number of aliphatic hydroxyl groups is 3. The van der Waals surface area contributed by atoms with Crippen molar-refractivity contribution in [2.75, 3.05) is 65.3 Å². The second-order valence-corrected chi connectivity index (χ2v) is 23.0. The van der Waals surface area contributed by atoms with Gasteiger partial charge in [0.15, 0.2) is 23.9 Å². The number of methoxy groups -OCH3 is 2. The Morgan fingerprint density at radius 2 is 1.35 bits per heavy atom. The van der Waals surface area contributed by atoms with Crippen molar-refractivity contribution in [3.05, 3.63) is 62.4 Å². The van der Waals surface area contributed by atoms with E-state index in [-0.39, 0.29) is 53.9 Å². The van der Waals surface area contributed by atoms with Gasteiger partial charge in [-0.2, -0.15) is 18.2 Å². The van der Waals surface area contributed by atoms with Crippen molar-refractivity contribution < 1.29 is 113 Å². The number of nitrogen functional groups attached to an aromatic ring is 2. The first kappa shape index (κ1) is 58.5. The van der Waals surface area contributed by atoms with E-state index in [1.807, 2.05) is 4.98 Å². The third-order valence-corrected chi connectivity index (χ3v) is 17.1. The van der Waals surface area contributed by atoms with Gasteiger partial charge in [0.1, 0.15) is 54.6 Å². The Hall–Kier alpha value is -4.66. The molecule has 38 nitrogen and oxygen atoms in total. The standard InChI is InChI=1S/C35H50N12O26P4/c1-44-14-47(29-21(44)30(52)43-34(37)42-29)31-22(49)15(8-64-7-6-62-2)16(68-31)9-66-75(56,57)72-77(60,61)73-76(58,59)67-11-18-25(26(63-3)33(70-18)46-13-40-20-27(36)38-12-39-28(20)46)71-74(54,55)65-10-17-23(50)24(51)32(69-17)45-5-4-19(48)41-35(45)53/h4-5,12-18,22-26,31-33,49-51H,6-11H2,1-3H3,(H9-,36,37,38,39,41,42,43,48,52,53,54,55,56,57,58,59,60,61)/p+1/t15-,16-,17-,18?,22-,23-,24-,25-,26-,31-,32-,33-/m1/s1. The number of hydrogen-bond acceptors (Lipinski definition) is 28. The number of ether oxygens (including phenoxy) is 6. The molecule has 13 N–H and O–H groups in total. The van der Waals surface area contributed by atoms with Crippen molar-refractivity contribution >= 4 is 65.4 Å². The molecule has 3 fully saturated rings. The number of aliphatic hydroxyl groups excluding tert-OH is 3. The highest BCUT2D eigenvalue weighted by atomic mass is 31.3. The van der Waals surface area contributed by atoms with Crippen LogP contribution in [0.4, 0.5) is 11.8 Å². The number of nitrogens with one attached hydrogen (secondary N) is 2. The fraction of sp³-hybridized carbons (Fsp3) is 0.600. The normalized spacial score (nSPS) is 29.9. The Labute approximate surface area is 429 Å². The maximum Gasteiger partial charge on any atom is 0.490 e. The predicted octanol–water partition coefficient (Wildman–Crippen LogP) is -3.96. The summed E-state index contributed by atoms with van der Waals surface area (Å²) in [7, 11) is -19.5. The molecule has 0 aliphatic carbocycles. The molecule has 0 saturated carbocycles. The number of anilines is 2. The second kappa shape index (κ2) is 23.2. The molecule has 3 saturated heterocycles. The largest absolute Gasteiger partial charge is 0.490 e. The van der Waals surface area contributed by atoms with Gasteiger partial charge in [0.05, 0.1) is 59.1 Å². The van der Waals surface area contributed by atoms with Crippen LogP contribution in [0.3, 0.4) is 0 Å². The van der Waals surface area contributed by atoms with Crippen molar-refractivity contribution in [2.45, 2.75) is 67.5 Å². The van der Waals surface area contributed by atoms with Crippen LogP contribution in [0.25, 0.3) is 22.3 Å². The summed E-state index contributed by atoms with van der Waals surface area (Å²) in [4.78, 5) is 99.8. The number of fused-ring (bicyclic) bond motifs is 2. The van der Waals surface area contributed by atoms with E-state index in [2.05, 4.69) is 33.5 Å². The molecule has 5 aromatic rings. The first-order valence-corrected chi connectivity index (χ1v) is 28.2. The molecule has 8 heterocycles.